The number of nitrogens with zero attached hydrogens (tertiary/aromatic N) is 2. The van der Waals surface area contributed by atoms with Crippen molar-refractivity contribution in [3.8, 4) is 17.1 Å². The minimum absolute atomic E-state index is 0.266. The molecule has 0 bridgehead atoms. The molecule has 6 nitrogen and oxygen atoms in total. The molecule has 3 rings (SSSR count). The molecule has 0 atom stereocenters. The van der Waals surface area contributed by atoms with Crippen molar-refractivity contribution in [1.82, 2.24) is 9.78 Å². The Morgan fingerprint density at radius 1 is 1.07 bits per heavy atom. The van der Waals surface area contributed by atoms with Gasteiger partial charge in [0.2, 0.25) is 5.88 Å². The van der Waals surface area contributed by atoms with Gasteiger partial charge >= 0.3 is 5.97 Å². The lowest BCUT2D eigenvalue weighted by Crippen LogP contribution is -2.09. The number of aromatic nitrogens is 2. The van der Waals surface area contributed by atoms with E-state index in [2.05, 4.69) is 5.10 Å². The lowest BCUT2D eigenvalue weighted by molar-refractivity contribution is -0.133. The second kappa shape index (κ2) is 8.90. The van der Waals surface area contributed by atoms with Gasteiger partial charge in [-0.05, 0) is 11.1 Å². The van der Waals surface area contributed by atoms with E-state index >= 15 is 0 Å². The number of hydrogen-bond donors (Lipinski definition) is 0. The maximum Gasteiger partial charge on any atom is 0.341 e. The molecule has 0 amide bonds. The predicted octanol–water partition coefficient (Wildman–Crippen LogP) is 3.83. The number of carbonyl (C=O) groups excluding carboxylic acids is 1. The second-order valence-electron chi connectivity index (χ2n) is 6.06. The average Bonchev–Trinajstić information content (AvgIpc) is 3.11. The summed E-state index contributed by atoms with van der Waals surface area (Å²) in [6.45, 7) is 0.266. The van der Waals surface area contributed by atoms with E-state index < -0.39 is 5.97 Å². The van der Waals surface area contributed by atoms with Gasteiger partial charge in [-0.1, -0.05) is 54.6 Å². The van der Waals surface area contributed by atoms with Gasteiger partial charge in [0, 0.05) is 18.7 Å². The summed E-state index contributed by atoms with van der Waals surface area (Å²) in [4.78, 5) is 12.1. The Balaban J connectivity index is 1.84. The maximum atomic E-state index is 12.1. The Bertz CT molecular complexity index is 977. The lowest BCUT2D eigenvalue weighted by Gasteiger charge is -2.12. The van der Waals surface area contributed by atoms with Crippen molar-refractivity contribution in [2.75, 3.05) is 14.2 Å². The molecule has 0 fully saturated rings. The molecule has 0 aliphatic rings. The Morgan fingerprint density at radius 3 is 2.50 bits per heavy atom. The zero-order valence-corrected chi connectivity index (χ0v) is 16.1. The molecular weight excluding hydrogens is 356 g/mol. The van der Waals surface area contributed by atoms with Crippen LogP contribution < -0.4 is 4.74 Å². The van der Waals surface area contributed by atoms with Crippen LogP contribution in [0.2, 0.25) is 0 Å². The van der Waals surface area contributed by atoms with Crippen molar-refractivity contribution in [3.05, 3.63) is 78.1 Å². The number of rotatable bonds is 7. The van der Waals surface area contributed by atoms with Crippen molar-refractivity contribution in [1.29, 1.82) is 0 Å². The van der Waals surface area contributed by atoms with Crippen molar-refractivity contribution < 1.29 is 19.0 Å². The molecule has 0 radical (unpaired) electrons. The number of aryl methyl sites for hydroxylation is 1. The average molecular weight is 378 g/mol. The van der Waals surface area contributed by atoms with Gasteiger partial charge in [-0.15, -0.1) is 0 Å². The molecule has 2 aromatic carbocycles. The molecule has 3 aromatic rings. The van der Waals surface area contributed by atoms with Crippen LogP contribution in [0.3, 0.4) is 0 Å². The fraction of sp³-hybridized carbons (Fsp3) is 0.182. The third-order valence-electron chi connectivity index (χ3n) is 4.23. The zero-order valence-electron chi connectivity index (χ0n) is 16.1. The largest absolute Gasteiger partial charge is 0.503 e. The lowest BCUT2D eigenvalue weighted by atomic mass is 10.0. The summed E-state index contributed by atoms with van der Waals surface area (Å²) in [7, 11) is 4.66. The SMILES string of the molecule is CO/C=C(/C(=O)OC)c1ccccc1COc1cc(-c2ccccc2)nn1C. The molecule has 1 heterocycles. The minimum atomic E-state index is -0.471. The number of hydrogen-bond acceptors (Lipinski definition) is 5. The fourth-order valence-electron chi connectivity index (χ4n) is 2.85. The topological polar surface area (TPSA) is 62.6 Å². The highest BCUT2D eigenvalue weighted by Crippen LogP contribution is 2.25. The summed E-state index contributed by atoms with van der Waals surface area (Å²) < 4.78 is 17.6. The summed E-state index contributed by atoms with van der Waals surface area (Å²) in [5.74, 6) is 0.158. The first-order valence-electron chi connectivity index (χ1n) is 8.76. The van der Waals surface area contributed by atoms with Gasteiger partial charge in [-0.2, -0.15) is 5.10 Å². The minimum Gasteiger partial charge on any atom is -0.503 e. The monoisotopic (exact) mass is 378 g/mol. The van der Waals surface area contributed by atoms with Crippen LogP contribution in [-0.2, 0) is 27.9 Å². The number of methoxy groups -OCH3 is 2. The van der Waals surface area contributed by atoms with E-state index in [9.17, 15) is 4.79 Å². The fourth-order valence-corrected chi connectivity index (χ4v) is 2.85. The zero-order chi connectivity index (χ0) is 19.9. The molecule has 0 aliphatic carbocycles. The van der Waals surface area contributed by atoms with Gasteiger partial charge < -0.3 is 14.2 Å². The molecule has 0 unspecified atom stereocenters. The van der Waals surface area contributed by atoms with Crippen LogP contribution >= 0.6 is 0 Å². The van der Waals surface area contributed by atoms with E-state index in [0.717, 1.165) is 16.8 Å². The van der Waals surface area contributed by atoms with E-state index in [1.165, 1.54) is 20.5 Å². The van der Waals surface area contributed by atoms with Crippen LogP contribution in [0.5, 0.6) is 5.88 Å². The van der Waals surface area contributed by atoms with E-state index in [4.69, 9.17) is 14.2 Å². The van der Waals surface area contributed by atoms with Gasteiger partial charge in [-0.25, -0.2) is 9.48 Å². The summed E-state index contributed by atoms with van der Waals surface area (Å²) in [6, 6.07) is 19.3. The smallest absolute Gasteiger partial charge is 0.341 e. The molecule has 1 aromatic heterocycles. The van der Waals surface area contributed by atoms with Gasteiger partial charge in [0.1, 0.15) is 12.2 Å². The van der Waals surface area contributed by atoms with Crippen LogP contribution in [-0.4, -0.2) is 30.0 Å². The van der Waals surface area contributed by atoms with Crippen molar-refractivity contribution in [2.24, 2.45) is 7.05 Å². The van der Waals surface area contributed by atoms with Crippen LogP contribution in [0.25, 0.3) is 16.8 Å². The Hall–Kier alpha value is -3.54. The highest BCUT2D eigenvalue weighted by atomic mass is 16.5. The van der Waals surface area contributed by atoms with Crippen molar-refractivity contribution in [3.63, 3.8) is 0 Å². The van der Waals surface area contributed by atoms with Crippen molar-refractivity contribution in [2.45, 2.75) is 6.61 Å². The molecule has 0 N–H and O–H groups in total. The number of esters is 1. The molecule has 28 heavy (non-hydrogen) atoms. The standard InChI is InChI=1S/C22H22N2O4/c1-24-21(13-20(23-24)16-9-5-4-6-10-16)28-14-17-11-7-8-12-18(17)19(15-26-2)22(25)27-3/h4-13,15H,14H2,1-3H3/b19-15+. The molecular formula is C22H22N2O4. The first kappa shape index (κ1) is 19.2. The van der Waals surface area contributed by atoms with Gasteiger partial charge in [-0.3, -0.25) is 0 Å². The third-order valence-corrected chi connectivity index (χ3v) is 4.23. The summed E-state index contributed by atoms with van der Waals surface area (Å²) >= 11 is 0. The summed E-state index contributed by atoms with van der Waals surface area (Å²) in [6.07, 6.45) is 1.38. The quantitative estimate of drug-likeness (QED) is 0.355. The van der Waals surface area contributed by atoms with Crippen LogP contribution in [0, 0.1) is 0 Å². The van der Waals surface area contributed by atoms with Gasteiger partial charge in [0.05, 0.1) is 26.2 Å². The second-order valence-corrected chi connectivity index (χ2v) is 6.06. The van der Waals surface area contributed by atoms with Crippen LogP contribution in [0.1, 0.15) is 11.1 Å². The highest BCUT2D eigenvalue weighted by molar-refractivity contribution is 6.16. The predicted molar refractivity (Wildman–Crippen MR) is 106 cm³/mol. The summed E-state index contributed by atoms with van der Waals surface area (Å²) in [5, 5.41) is 4.51. The summed E-state index contributed by atoms with van der Waals surface area (Å²) in [5.41, 5.74) is 3.71. The molecule has 0 aliphatic heterocycles. The molecule has 0 spiro atoms. The maximum absolute atomic E-state index is 12.1. The Labute approximate surface area is 164 Å². The normalized spacial score (nSPS) is 11.2. The van der Waals surface area contributed by atoms with E-state index in [0.29, 0.717) is 17.0 Å². The first-order valence-corrected chi connectivity index (χ1v) is 8.76. The third kappa shape index (κ3) is 4.23. The highest BCUT2D eigenvalue weighted by Gasteiger charge is 2.17. The number of carbonyl (C=O) groups is 1. The molecule has 144 valence electrons. The van der Waals surface area contributed by atoms with Crippen LogP contribution in [0.4, 0.5) is 0 Å². The van der Waals surface area contributed by atoms with Crippen molar-refractivity contribution >= 4 is 11.5 Å². The molecule has 6 heteroatoms. The van der Waals surface area contributed by atoms with Gasteiger partial charge in [0.15, 0.2) is 0 Å². The number of ether oxygens (including phenoxy) is 3. The van der Waals surface area contributed by atoms with E-state index in [1.54, 1.807) is 4.68 Å². The number of benzene rings is 2. The molecule has 0 saturated heterocycles. The van der Waals surface area contributed by atoms with Crippen LogP contribution in [0.15, 0.2) is 66.9 Å². The molecule has 0 saturated carbocycles. The van der Waals surface area contributed by atoms with E-state index in [-0.39, 0.29) is 6.61 Å². The van der Waals surface area contributed by atoms with Gasteiger partial charge in [0.25, 0.3) is 0 Å². The Kier molecular flexibility index (Phi) is 6.11. The van der Waals surface area contributed by atoms with E-state index in [1.807, 2.05) is 67.7 Å². The first-order chi connectivity index (χ1) is 13.6. The Morgan fingerprint density at radius 2 is 1.79 bits per heavy atom.